The van der Waals surface area contributed by atoms with Crippen molar-refractivity contribution in [3.63, 3.8) is 0 Å². The van der Waals surface area contributed by atoms with Gasteiger partial charge in [-0.3, -0.25) is 9.30 Å². The van der Waals surface area contributed by atoms with Gasteiger partial charge >= 0.3 is 12.3 Å². The number of aliphatic hydroxyl groups excluding tert-OH is 1. The van der Waals surface area contributed by atoms with Crippen LogP contribution in [0.25, 0.3) is 28.1 Å². The average molecular weight is 591 g/mol. The molecular weight excluding hydrogens is 560 g/mol. The number of halogens is 4. The van der Waals surface area contributed by atoms with Crippen LogP contribution in [0.5, 0.6) is 5.75 Å². The van der Waals surface area contributed by atoms with Crippen molar-refractivity contribution in [1.29, 1.82) is 0 Å². The average Bonchev–Trinajstić information content (AvgIpc) is 3.58. The predicted molar refractivity (Wildman–Crippen MR) is 144 cm³/mol. The third-order valence-electron chi connectivity index (χ3n) is 6.68. The predicted octanol–water partition coefficient (Wildman–Crippen LogP) is 4.66. The van der Waals surface area contributed by atoms with E-state index in [1.54, 1.807) is 32.9 Å². The van der Waals surface area contributed by atoms with E-state index in [-0.39, 0.29) is 48.2 Å². The van der Waals surface area contributed by atoms with E-state index in [1.165, 1.54) is 34.9 Å². The van der Waals surface area contributed by atoms with Gasteiger partial charge in [0.25, 0.3) is 0 Å². The maximum absolute atomic E-state index is 14.8. The molecule has 1 aliphatic rings. The number of rotatable bonds is 7. The summed E-state index contributed by atoms with van der Waals surface area (Å²) in [7, 11) is 0. The molecule has 4 heterocycles. The standard InChI is InChI=1S/C28H30F4N6O4/c1-27(2,3)42-26(40)38(18-8-9-33-14-18)24(28(30,31)32)17-5-7-23-35-36-25(37(23)15-17)20-6-4-16-12-19(29)22(41-11-10-39)13-21(16)34-20/h4-7,12-13,15,18,24,33,39H,8-11,14H2,1-3H3/t18-,24+/m0/s1. The zero-order chi connectivity index (χ0) is 30.2. The SMILES string of the molecule is CC(C)(C)OC(=O)N([C@H]1CCNC1)[C@H](c1ccc2nnc(-c3ccc4cc(F)c(OCCO)cc4n3)n2c1)C(F)(F)F. The molecule has 2 atom stereocenters. The fourth-order valence-corrected chi connectivity index (χ4v) is 4.92. The first-order valence-corrected chi connectivity index (χ1v) is 13.3. The smallest absolute Gasteiger partial charge is 0.413 e. The second kappa shape index (κ2) is 11.3. The van der Waals surface area contributed by atoms with Crippen molar-refractivity contribution in [3.8, 4) is 17.3 Å². The Labute approximate surface area is 238 Å². The first-order chi connectivity index (χ1) is 19.9. The number of hydrogen-bond acceptors (Lipinski definition) is 8. The number of carbonyl (C=O) groups excluding carboxylic acids is 1. The van der Waals surface area contributed by atoms with Gasteiger partial charge in [0.15, 0.2) is 29.1 Å². The quantitative estimate of drug-likeness (QED) is 0.299. The Kier molecular flexibility index (Phi) is 7.94. The third kappa shape index (κ3) is 6.09. The normalized spacial score (nSPS) is 16.6. The molecule has 0 saturated carbocycles. The highest BCUT2D eigenvalue weighted by Crippen LogP contribution is 2.41. The number of aliphatic hydroxyl groups is 1. The minimum atomic E-state index is -4.84. The van der Waals surface area contributed by atoms with E-state index in [4.69, 9.17) is 14.6 Å². The number of alkyl halides is 3. The minimum Gasteiger partial charge on any atom is -0.488 e. The fraction of sp³-hybridized carbons (Fsp3) is 0.429. The Morgan fingerprint density at radius 1 is 1.19 bits per heavy atom. The Balaban J connectivity index is 1.59. The Bertz CT molecular complexity index is 1600. The second-order valence-electron chi connectivity index (χ2n) is 10.9. The van der Waals surface area contributed by atoms with Gasteiger partial charge in [-0.1, -0.05) is 12.1 Å². The van der Waals surface area contributed by atoms with Gasteiger partial charge in [-0.05, 0) is 51.9 Å². The van der Waals surface area contributed by atoms with E-state index in [2.05, 4.69) is 20.5 Å². The number of amides is 1. The Morgan fingerprint density at radius 3 is 2.64 bits per heavy atom. The molecule has 0 radical (unpaired) electrons. The minimum absolute atomic E-state index is 0.105. The lowest BCUT2D eigenvalue weighted by atomic mass is 10.0. The summed E-state index contributed by atoms with van der Waals surface area (Å²) in [5, 5.41) is 20.7. The van der Waals surface area contributed by atoms with E-state index in [0.717, 1.165) is 4.90 Å². The van der Waals surface area contributed by atoms with Crippen molar-refractivity contribution in [3.05, 3.63) is 54.0 Å². The van der Waals surface area contributed by atoms with Gasteiger partial charge in [-0.2, -0.15) is 13.2 Å². The van der Waals surface area contributed by atoms with Gasteiger partial charge in [-0.25, -0.2) is 14.2 Å². The molecule has 4 aromatic rings. The van der Waals surface area contributed by atoms with Gasteiger partial charge in [0, 0.05) is 35.8 Å². The maximum Gasteiger partial charge on any atom is 0.413 e. The lowest BCUT2D eigenvalue weighted by Crippen LogP contribution is -2.50. The highest BCUT2D eigenvalue weighted by Gasteiger charge is 2.50. The number of benzene rings is 1. The molecule has 0 aliphatic carbocycles. The highest BCUT2D eigenvalue weighted by molar-refractivity contribution is 5.82. The molecule has 0 bridgehead atoms. The summed E-state index contributed by atoms with van der Waals surface area (Å²) in [5.41, 5.74) is -0.353. The van der Waals surface area contributed by atoms with Gasteiger partial charge < -0.3 is 19.9 Å². The summed E-state index contributed by atoms with van der Waals surface area (Å²) >= 11 is 0. The van der Waals surface area contributed by atoms with E-state index < -0.39 is 35.8 Å². The van der Waals surface area contributed by atoms with Gasteiger partial charge in [0.1, 0.15) is 17.9 Å². The molecule has 42 heavy (non-hydrogen) atoms. The van der Waals surface area contributed by atoms with Crippen LogP contribution in [-0.2, 0) is 4.74 Å². The van der Waals surface area contributed by atoms with E-state index in [9.17, 15) is 22.4 Å². The van der Waals surface area contributed by atoms with Gasteiger partial charge in [-0.15, -0.1) is 10.2 Å². The lowest BCUT2D eigenvalue weighted by Gasteiger charge is -2.38. The molecule has 0 unspecified atom stereocenters. The molecule has 14 heteroatoms. The van der Waals surface area contributed by atoms with Crippen molar-refractivity contribution < 1.29 is 36.9 Å². The van der Waals surface area contributed by atoms with Crippen LogP contribution in [-0.4, -0.2) is 79.8 Å². The zero-order valence-electron chi connectivity index (χ0n) is 23.2. The fourth-order valence-electron chi connectivity index (χ4n) is 4.92. The molecular formula is C28H30F4N6O4. The van der Waals surface area contributed by atoms with Gasteiger partial charge in [0.2, 0.25) is 0 Å². The topological polar surface area (TPSA) is 114 Å². The summed E-state index contributed by atoms with van der Waals surface area (Å²) in [6, 6.07) is 5.36. The number of aromatic nitrogens is 4. The van der Waals surface area contributed by atoms with Crippen molar-refractivity contribution in [2.75, 3.05) is 26.3 Å². The van der Waals surface area contributed by atoms with Crippen LogP contribution in [0.3, 0.4) is 0 Å². The van der Waals surface area contributed by atoms with Gasteiger partial charge in [0.05, 0.1) is 12.1 Å². The first-order valence-electron chi connectivity index (χ1n) is 13.3. The molecule has 1 saturated heterocycles. The summed E-state index contributed by atoms with van der Waals surface area (Å²) in [6.07, 6.45) is -4.32. The molecule has 224 valence electrons. The van der Waals surface area contributed by atoms with Crippen LogP contribution in [0.2, 0.25) is 0 Å². The molecule has 1 aromatic carbocycles. The van der Waals surface area contributed by atoms with E-state index in [1.807, 2.05) is 0 Å². The van der Waals surface area contributed by atoms with Crippen molar-refractivity contribution in [2.24, 2.45) is 0 Å². The number of fused-ring (bicyclic) bond motifs is 2. The third-order valence-corrected chi connectivity index (χ3v) is 6.68. The highest BCUT2D eigenvalue weighted by atomic mass is 19.4. The molecule has 3 aromatic heterocycles. The molecule has 1 fully saturated rings. The van der Waals surface area contributed by atoms with Crippen molar-refractivity contribution in [1.82, 2.24) is 29.8 Å². The summed E-state index contributed by atoms with van der Waals surface area (Å²) in [4.78, 5) is 18.5. The van der Waals surface area contributed by atoms with Crippen LogP contribution in [0, 0.1) is 5.82 Å². The summed E-state index contributed by atoms with van der Waals surface area (Å²) in [6.45, 7) is 5.03. The Morgan fingerprint density at radius 2 is 1.98 bits per heavy atom. The number of ether oxygens (including phenoxy) is 2. The van der Waals surface area contributed by atoms with Crippen LogP contribution >= 0.6 is 0 Å². The molecule has 0 spiro atoms. The first kappa shape index (κ1) is 29.5. The molecule has 5 rings (SSSR count). The number of pyridine rings is 2. The van der Waals surface area contributed by atoms with Crippen LogP contribution in [0.1, 0.15) is 38.8 Å². The monoisotopic (exact) mass is 590 g/mol. The van der Waals surface area contributed by atoms with Crippen molar-refractivity contribution >= 4 is 22.6 Å². The molecule has 1 amide bonds. The lowest BCUT2D eigenvalue weighted by molar-refractivity contribution is -0.188. The number of carbonyl (C=O) groups is 1. The molecule has 1 aliphatic heterocycles. The summed E-state index contributed by atoms with van der Waals surface area (Å²) in [5.74, 6) is -0.595. The van der Waals surface area contributed by atoms with Crippen LogP contribution in [0.4, 0.5) is 22.4 Å². The maximum atomic E-state index is 14.8. The Hall–Kier alpha value is -4.04. The van der Waals surface area contributed by atoms with E-state index in [0.29, 0.717) is 23.9 Å². The van der Waals surface area contributed by atoms with Crippen LogP contribution < -0.4 is 10.1 Å². The van der Waals surface area contributed by atoms with Crippen molar-refractivity contribution in [2.45, 2.75) is 51.1 Å². The number of hydrogen-bond donors (Lipinski definition) is 2. The second-order valence-corrected chi connectivity index (χ2v) is 10.9. The zero-order valence-corrected chi connectivity index (χ0v) is 23.2. The number of nitrogens with zero attached hydrogens (tertiary/aromatic N) is 5. The van der Waals surface area contributed by atoms with E-state index >= 15 is 0 Å². The summed E-state index contributed by atoms with van der Waals surface area (Å²) < 4.78 is 70.8. The number of nitrogens with one attached hydrogen (secondary N) is 1. The molecule has 2 N–H and O–H groups in total. The largest absolute Gasteiger partial charge is 0.488 e. The molecule has 10 nitrogen and oxygen atoms in total. The van der Waals surface area contributed by atoms with Crippen LogP contribution in [0.15, 0.2) is 42.6 Å².